The Kier molecular flexibility index (Phi) is 10.7. The molecule has 0 aliphatic rings. The van der Waals surface area contributed by atoms with Gasteiger partial charge in [-0.2, -0.15) is 0 Å². The third-order valence-corrected chi connectivity index (χ3v) is 4.27. The maximum atomic E-state index is 5.95. The highest BCUT2D eigenvalue weighted by Crippen LogP contribution is 2.11. The molecule has 2 rings (SSSR count). The number of unbranched alkanes of at least 4 members (excludes halogenated alkanes) is 1. The van der Waals surface area contributed by atoms with E-state index in [9.17, 15) is 0 Å². The summed E-state index contributed by atoms with van der Waals surface area (Å²) in [5, 5.41) is 4.13. The van der Waals surface area contributed by atoms with Crippen LogP contribution in [-0.2, 0) is 13.1 Å². The summed E-state index contributed by atoms with van der Waals surface area (Å²) in [7, 11) is 2.06. The van der Waals surface area contributed by atoms with Crippen LogP contribution in [0.3, 0.4) is 0 Å². The molecule has 0 saturated carbocycles. The first-order valence-corrected chi connectivity index (χ1v) is 9.19. The summed E-state index contributed by atoms with van der Waals surface area (Å²) in [4.78, 5) is 11.1. The number of aryl methyl sites for hydroxylation is 2. The van der Waals surface area contributed by atoms with E-state index in [1.807, 2.05) is 31.5 Å². The van der Waals surface area contributed by atoms with Gasteiger partial charge in [0.2, 0.25) is 0 Å². The average Bonchev–Trinajstić information content (AvgIpc) is 3.00. The Morgan fingerprint density at radius 1 is 1.27 bits per heavy atom. The number of aliphatic imine (C=N–C) groups is 1. The fourth-order valence-electron chi connectivity index (χ4n) is 2.63. The Labute approximate surface area is 178 Å². The molecule has 26 heavy (non-hydrogen) atoms. The van der Waals surface area contributed by atoms with E-state index in [0.717, 1.165) is 55.8 Å². The molecule has 1 N–H and O–H groups in total. The maximum absolute atomic E-state index is 5.95. The number of hydrogen-bond donors (Lipinski definition) is 1. The van der Waals surface area contributed by atoms with Crippen molar-refractivity contribution in [3.63, 3.8) is 0 Å². The largest absolute Gasteiger partial charge is 0.357 e. The van der Waals surface area contributed by atoms with E-state index in [2.05, 4.69) is 45.9 Å². The van der Waals surface area contributed by atoms with Crippen molar-refractivity contribution < 1.29 is 0 Å². The van der Waals surface area contributed by atoms with Gasteiger partial charge in [-0.3, -0.25) is 4.99 Å². The maximum Gasteiger partial charge on any atom is 0.193 e. The smallest absolute Gasteiger partial charge is 0.193 e. The van der Waals surface area contributed by atoms with Crippen LogP contribution in [0.4, 0.5) is 0 Å². The molecule has 2 aromatic rings. The molecule has 0 radical (unpaired) electrons. The van der Waals surface area contributed by atoms with E-state index in [0.29, 0.717) is 0 Å². The summed E-state index contributed by atoms with van der Waals surface area (Å²) in [5.41, 5.74) is 1.22. The summed E-state index contributed by atoms with van der Waals surface area (Å²) in [6.07, 6.45) is 6.04. The van der Waals surface area contributed by atoms with Gasteiger partial charge in [-0.25, -0.2) is 4.98 Å². The predicted molar refractivity (Wildman–Crippen MR) is 121 cm³/mol. The van der Waals surface area contributed by atoms with Gasteiger partial charge in [-0.1, -0.05) is 23.7 Å². The second-order valence-electron chi connectivity index (χ2n) is 6.09. The second kappa shape index (κ2) is 12.2. The highest BCUT2D eigenvalue weighted by atomic mass is 127. The normalized spacial score (nSPS) is 11.2. The number of rotatable bonds is 8. The molecule has 0 fully saturated rings. The Bertz CT molecular complexity index is 669. The summed E-state index contributed by atoms with van der Waals surface area (Å²) in [5.74, 6) is 2.01. The molecule has 5 nitrogen and oxygen atoms in total. The first-order chi connectivity index (χ1) is 12.1. The standard InChI is InChI=1S/C19H28ClN5.HI/c1-4-21-19(24(3)15-17-7-9-18(20)10-8-17)23-11-5-6-13-25-14-12-22-16(25)2;/h7-10,12,14H,4-6,11,13,15H2,1-3H3,(H,21,23);1H. The summed E-state index contributed by atoms with van der Waals surface area (Å²) < 4.78 is 2.18. The highest BCUT2D eigenvalue weighted by Gasteiger charge is 2.06. The van der Waals surface area contributed by atoms with Gasteiger partial charge >= 0.3 is 0 Å². The fraction of sp³-hybridized carbons (Fsp3) is 0.474. The van der Waals surface area contributed by atoms with E-state index in [1.54, 1.807) is 0 Å². The number of aromatic nitrogens is 2. The van der Waals surface area contributed by atoms with E-state index < -0.39 is 0 Å². The number of guanidine groups is 1. The van der Waals surface area contributed by atoms with E-state index in [4.69, 9.17) is 16.6 Å². The lowest BCUT2D eigenvalue weighted by Gasteiger charge is -2.22. The van der Waals surface area contributed by atoms with Crippen LogP contribution >= 0.6 is 35.6 Å². The Hall–Kier alpha value is -1.28. The van der Waals surface area contributed by atoms with Gasteiger partial charge in [-0.05, 0) is 44.4 Å². The number of imidazole rings is 1. The van der Waals surface area contributed by atoms with E-state index in [-0.39, 0.29) is 24.0 Å². The summed E-state index contributed by atoms with van der Waals surface area (Å²) in [6.45, 7) is 7.61. The van der Waals surface area contributed by atoms with Crippen molar-refractivity contribution in [2.75, 3.05) is 20.1 Å². The molecule has 0 saturated heterocycles. The van der Waals surface area contributed by atoms with Crippen LogP contribution in [0.2, 0.25) is 5.02 Å². The van der Waals surface area contributed by atoms with Crippen molar-refractivity contribution in [1.29, 1.82) is 0 Å². The van der Waals surface area contributed by atoms with Crippen molar-refractivity contribution in [3.05, 3.63) is 53.1 Å². The van der Waals surface area contributed by atoms with Crippen molar-refractivity contribution in [3.8, 4) is 0 Å². The lowest BCUT2D eigenvalue weighted by Crippen LogP contribution is -2.38. The van der Waals surface area contributed by atoms with Crippen molar-refractivity contribution >= 4 is 41.5 Å². The SMILES string of the molecule is CCNC(=NCCCCn1ccnc1C)N(C)Cc1ccc(Cl)cc1.I. The molecule has 0 bridgehead atoms. The zero-order valence-corrected chi connectivity index (χ0v) is 18.9. The summed E-state index contributed by atoms with van der Waals surface area (Å²) >= 11 is 5.95. The number of nitrogens with one attached hydrogen (secondary N) is 1. The number of benzene rings is 1. The molecule has 0 aliphatic carbocycles. The molecule has 1 heterocycles. The van der Waals surface area contributed by atoms with Crippen molar-refractivity contribution in [2.45, 2.75) is 39.8 Å². The van der Waals surface area contributed by atoms with Gasteiger partial charge in [0.1, 0.15) is 5.82 Å². The Balaban J connectivity index is 0.00000338. The highest BCUT2D eigenvalue weighted by molar-refractivity contribution is 14.0. The minimum atomic E-state index is 0. The molecule has 1 aromatic carbocycles. The molecule has 1 aromatic heterocycles. The fourth-order valence-corrected chi connectivity index (χ4v) is 2.75. The Morgan fingerprint density at radius 3 is 2.62 bits per heavy atom. The third kappa shape index (κ3) is 7.53. The Morgan fingerprint density at radius 2 is 2.00 bits per heavy atom. The third-order valence-electron chi connectivity index (χ3n) is 4.02. The molecular weight excluding hydrogens is 461 g/mol. The first-order valence-electron chi connectivity index (χ1n) is 8.81. The van der Waals surface area contributed by atoms with Gasteiger partial charge in [0.05, 0.1) is 0 Å². The second-order valence-corrected chi connectivity index (χ2v) is 6.53. The zero-order valence-electron chi connectivity index (χ0n) is 15.8. The van der Waals surface area contributed by atoms with Crippen molar-refractivity contribution in [2.24, 2.45) is 4.99 Å². The average molecular weight is 490 g/mol. The first kappa shape index (κ1) is 22.8. The van der Waals surface area contributed by atoms with Gasteiger partial charge in [-0.15, -0.1) is 24.0 Å². The molecule has 0 unspecified atom stereocenters. The van der Waals surface area contributed by atoms with E-state index in [1.165, 1.54) is 5.56 Å². The van der Waals surface area contributed by atoms with Crippen LogP contribution in [0.25, 0.3) is 0 Å². The topological polar surface area (TPSA) is 45.5 Å². The number of nitrogens with zero attached hydrogens (tertiary/aromatic N) is 4. The van der Waals surface area contributed by atoms with Gasteiger partial charge < -0.3 is 14.8 Å². The molecule has 7 heteroatoms. The van der Waals surface area contributed by atoms with Crippen LogP contribution in [0.15, 0.2) is 41.7 Å². The minimum absolute atomic E-state index is 0. The van der Waals surface area contributed by atoms with Crippen LogP contribution in [0.1, 0.15) is 31.2 Å². The quantitative estimate of drug-likeness (QED) is 0.260. The molecule has 0 spiro atoms. The number of halogens is 2. The van der Waals surface area contributed by atoms with Gasteiger partial charge in [0.15, 0.2) is 5.96 Å². The monoisotopic (exact) mass is 489 g/mol. The van der Waals surface area contributed by atoms with Crippen LogP contribution in [0, 0.1) is 6.92 Å². The van der Waals surface area contributed by atoms with Gasteiger partial charge in [0.25, 0.3) is 0 Å². The van der Waals surface area contributed by atoms with Crippen molar-refractivity contribution in [1.82, 2.24) is 19.8 Å². The van der Waals surface area contributed by atoms with Crippen LogP contribution in [0.5, 0.6) is 0 Å². The van der Waals surface area contributed by atoms with E-state index >= 15 is 0 Å². The summed E-state index contributed by atoms with van der Waals surface area (Å²) in [6, 6.07) is 7.95. The van der Waals surface area contributed by atoms with Crippen LogP contribution < -0.4 is 5.32 Å². The van der Waals surface area contributed by atoms with Gasteiger partial charge in [0, 0.05) is 50.6 Å². The lowest BCUT2D eigenvalue weighted by molar-refractivity contribution is 0.475. The molecule has 0 amide bonds. The molecule has 144 valence electrons. The lowest BCUT2D eigenvalue weighted by atomic mass is 10.2. The molecule has 0 atom stereocenters. The molecule has 0 aliphatic heterocycles. The molecular formula is C19H29ClIN5. The number of hydrogen-bond acceptors (Lipinski definition) is 2. The van der Waals surface area contributed by atoms with Crippen LogP contribution in [-0.4, -0.2) is 40.5 Å². The zero-order chi connectivity index (χ0) is 18.1. The minimum Gasteiger partial charge on any atom is -0.357 e. The predicted octanol–water partition coefficient (Wildman–Crippen LogP) is 4.34.